The summed E-state index contributed by atoms with van der Waals surface area (Å²) in [6, 6.07) is 10.4. The van der Waals surface area contributed by atoms with E-state index in [0.717, 1.165) is 11.1 Å². The molecule has 7 nitrogen and oxygen atoms in total. The molecular formula is C21H19ClN2O5. The van der Waals surface area contributed by atoms with Crippen molar-refractivity contribution in [1.82, 2.24) is 9.88 Å². The van der Waals surface area contributed by atoms with Gasteiger partial charge in [0.1, 0.15) is 22.8 Å². The fourth-order valence-corrected chi connectivity index (χ4v) is 3.30. The minimum atomic E-state index is -0.800. The van der Waals surface area contributed by atoms with Crippen molar-refractivity contribution in [3.05, 3.63) is 57.3 Å². The maximum absolute atomic E-state index is 12.7. The van der Waals surface area contributed by atoms with E-state index in [1.165, 1.54) is 25.6 Å². The molecule has 0 bridgehead atoms. The number of nitrogens with one attached hydrogen (secondary N) is 1. The van der Waals surface area contributed by atoms with Crippen LogP contribution in [0.1, 0.15) is 17.3 Å². The number of nitrogens with zero attached hydrogens (tertiary/aromatic N) is 1. The van der Waals surface area contributed by atoms with E-state index in [2.05, 4.69) is 5.32 Å². The van der Waals surface area contributed by atoms with E-state index in [1.54, 1.807) is 30.3 Å². The van der Waals surface area contributed by atoms with Gasteiger partial charge in [-0.1, -0.05) is 23.7 Å². The molecule has 0 spiro atoms. The van der Waals surface area contributed by atoms with E-state index in [1.807, 2.05) is 6.07 Å². The van der Waals surface area contributed by atoms with Crippen molar-refractivity contribution in [3.63, 3.8) is 0 Å². The summed E-state index contributed by atoms with van der Waals surface area (Å²) in [5.41, 5.74) is 0.945. The van der Waals surface area contributed by atoms with E-state index in [9.17, 15) is 19.5 Å². The normalized spacial score (nSPS) is 10.8. The number of benzene rings is 2. The minimum Gasteiger partial charge on any atom is -0.506 e. The second-order valence-electron chi connectivity index (χ2n) is 6.55. The zero-order valence-corrected chi connectivity index (χ0v) is 16.8. The number of amides is 1. The third-order valence-electron chi connectivity index (χ3n) is 4.58. The maximum Gasteiger partial charge on any atom is 0.267 e. The quantitative estimate of drug-likeness (QED) is 0.669. The molecule has 1 amide bonds. The van der Waals surface area contributed by atoms with Crippen LogP contribution in [0.15, 0.2) is 41.2 Å². The summed E-state index contributed by atoms with van der Waals surface area (Å²) in [5, 5.41) is 13.7. The van der Waals surface area contributed by atoms with Gasteiger partial charge >= 0.3 is 0 Å². The van der Waals surface area contributed by atoms with Crippen LogP contribution in [0.25, 0.3) is 22.0 Å². The molecule has 3 aromatic rings. The van der Waals surface area contributed by atoms with Gasteiger partial charge in [0, 0.05) is 12.4 Å². The highest BCUT2D eigenvalue weighted by Gasteiger charge is 2.21. The predicted molar refractivity (Wildman–Crippen MR) is 111 cm³/mol. The number of Topliss-reactive ketones (excluding diaryl/α,β-unsaturated/α-hetero) is 1. The van der Waals surface area contributed by atoms with Gasteiger partial charge in [0.05, 0.1) is 24.2 Å². The SMILES string of the molecule is COc1ccc(-c2ccc3c(O)c(C(=O)NCC(C)=O)c(=O)n(C)c3c2)cc1Cl. The Morgan fingerprint density at radius 3 is 2.45 bits per heavy atom. The van der Waals surface area contributed by atoms with E-state index in [4.69, 9.17) is 16.3 Å². The molecule has 0 atom stereocenters. The van der Waals surface area contributed by atoms with Gasteiger partial charge in [-0.2, -0.15) is 0 Å². The van der Waals surface area contributed by atoms with Crippen molar-refractivity contribution in [2.45, 2.75) is 6.92 Å². The van der Waals surface area contributed by atoms with Crippen molar-refractivity contribution < 1.29 is 19.4 Å². The van der Waals surface area contributed by atoms with Crippen LogP contribution in [0.5, 0.6) is 11.5 Å². The highest BCUT2D eigenvalue weighted by Crippen LogP contribution is 2.33. The molecule has 0 fully saturated rings. The Kier molecular flexibility index (Phi) is 5.61. The monoisotopic (exact) mass is 414 g/mol. The zero-order valence-electron chi connectivity index (χ0n) is 16.1. The lowest BCUT2D eigenvalue weighted by molar-refractivity contribution is -0.116. The van der Waals surface area contributed by atoms with Crippen LogP contribution in [0.3, 0.4) is 0 Å². The molecule has 3 rings (SSSR count). The first-order valence-electron chi connectivity index (χ1n) is 8.71. The number of hydrogen-bond donors (Lipinski definition) is 2. The smallest absolute Gasteiger partial charge is 0.267 e. The molecule has 2 aromatic carbocycles. The van der Waals surface area contributed by atoms with Crippen LogP contribution < -0.4 is 15.6 Å². The van der Waals surface area contributed by atoms with E-state index in [0.29, 0.717) is 21.7 Å². The molecule has 0 saturated heterocycles. The molecule has 0 unspecified atom stereocenters. The number of aromatic hydroxyl groups is 1. The molecule has 2 N–H and O–H groups in total. The molecule has 0 saturated carbocycles. The minimum absolute atomic E-state index is 0.226. The van der Waals surface area contributed by atoms with Crippen molar-refractivity contribution in [2.24, 2.45) is 7.05 Å². The molecule has 0 aliphatic carbocycles. The number of rotatable bonds is 5. The molecule has 1 heterocycles. The van der Waals surface area contributed by atoms with Crippen LogP contribution in [0, 0.1) is 0 Å². The Labute approximate surface area is 171 Å². The van der Waals surface area contributed by atoms with Crippen LogP contribution in [0.4, 0.5) is 0 Å². The highest BCUT2D eigenvalue weighted by molar-refractivity contribution is 6.32. The number of ketones is 1. The summed E-state index contributed by atoms with van der Waals surface area (Å²) in [4.78, 5) is 36.1. The van der Waals surface area contributed by atoms with Gasteiger partial charge in [-0.05, 0) is 42.3 Å². The summed E-state index contributed by atoms with van der Waals surface area (Å²) < 4.78 is 6.44. The Balaban J connectivity index is 2.13. The first-order chi connectivity index (χ1) is 13.7. The van der Waals surface area contributed by atoms with Crippen LogP contribution >= 0.6 is 11.6 Å². The van der Waals surface area contributed by atoms with Crippen LogP contribution in [0.2, 0.25) is 5.02 Å². The highest BCUT2D eigenvalue weighted by atomic mass is 35.5. The Hall–Kier alpha value is -3.32. The van der Waals surface area contributed by atoms with Crippen molar-refractivity contribution in [2.75, 3.05) is 13.7 Å². The Morgan fingerprint density at radius 2 is 1.83 bits per heavy atom. The standard InChI is InChI=1S/C21H19ClN2O5/c1-11(25)10-23-20(27)18-19(26)14-6-4-13(9-16(14)24(2)21(18)28)12-5-7-17(29-3)15(22)8-12/h4-9,26H,10H2,1-3H3,(H,23,27). The van der Waals surface area contributed by atoms with Crippen molar-refractivity contribution >= 4 is 34.2 Å². The molecule has 0 radical (unpaired) electrons. The van der Waals surface area contributed by atoms with Gasteiger partial charge in [0.2, 0.25) is 0 Å². The van der Waals surface area contributed by atoms with E-state index in [-0.39, 0.29) is 12.3 Å². The number of carbonyl (C=O) groups is 2. The number of ether oxygens (including phenoxy) is 1. The average Bonchev–Trinajstić information content (AvgIpc) is 2.70. The third-order valence-corrected chi connectivity index (χ3v) is 4.87. The lowest BCUT2D eigenvalue weighted by atomic mass is 10.0. The summed E-state index contributed by atoms with van der Waals surface area (Å²) in [5.74, 6) is -0.949. The summed E-state index contributed by atoms with van der Waals surface area (Å²) in [6.45, 7) is 1.09. The van der Waals surface area contributed by atoms with Gasteiger partial charge in [0.25, 0.3) is 11.5 Å². The van der Waals surface area contributed by atoms with Crippen LogP contribution in [-0.2, 0) is 11.8 Å². The number of aryl methyl sites for hydroxylation is 1. The van der Waals surface area contributed by atoms with Gasteiger partial charge in [-0.3, -0.25) is 14.4 Å². The molecule has 1 aromatic heterocycles. The summed E-state index contributed by atoms with van der Waals surface area (Å²) in [6.07, 6.45) is 0. The van der Waals surface area contributed by atoms with Gasteiger partial charge < -0.3 is 19.7 Å². The van der Waals surface area contributed by atoms with Crippen molar-refractivity contribution in [3.8, 4) is 22.6 Å². The number of carbonyl (C=O) groups excluding carboxylic acids is 2. The number of halogens is 1. The number of methoxy groups -OCH3 is 1. The molecule has 29 heavy (non-hydrogen) atoms. The molecular weight excluding hydrogens is 396 g/mol. The molecule has 150 valence electrons. The second kappa shape index (κ2) is 7.97. The first kappa shape index (κ1) is 20.4. The number of fused-ring (bicyclic) bond motifs is 1. The number of pyridine rings is 1. The summed E-state index contributed by atoms with van der Waals surface area (Å²) in [7, 11) is 3.04. The van der Waals surface area contributed by atoms with Crippen molar-refractivity contribution in [1.29, 1.82) is 0 Å². The van der Waals surface area contributed by atoms with Crippen LogP contribution in [-0.4, -0.2) is 35.0 Å². The zero-order chi connectivity index (χ0) is 21.3. The maximum atomic E-state index is 12.7. The third kappa shape index (κ3) is 3.82. The summed E-state index contributed by atoms with van der Waals surface area (Å²) >= 11 is 6.20. The lowest BCUT2D eigenvalue weighted by Crippen LogP contribution is -2.34. The predicted octanol–water partition coefficient (Wildman–Crippen LogP) is 2.89. The fourth-order valence-electron chi connectivity index (χ4n) is 3.05. The van der Waals surface area contributed by atoms with E-state index >= 15 is 0 Å². The molecule has 0 aliphatic heterocycles. The van der Waals surface area contributed by atoms with Gasteiger partial charge in [-0.15, -0.1) is 0 Å². The average molecular weight is 415 g/mol. The lowest BCUT2D eigenvalue weighted by Gasteiger charge is -2.13. The number of hydrogen-bond acceptors (Lipinski definition) is 5. The Bertz CT molecular complexity index is 1200. The number of aromatic nitrogens is 1. The first-order valence-corrected chi connectivity index (χ1v) is 9.09. The molecule has 0 aliphatic rings. The fraction of sp³-hybridized carbons (Fsp3) is 0.190. The van der Waals surface area contributed by atoms with Gasteiger partial charge in [0.15, 0.2) is 0 Å². The largest absolute Gasteiger partial charge is 0.506 e. The second-order valence-corrected chi connectivity index (χ2v) is 6.96. The Morgan fingerprint density at radius 1 is 1.17 bits per heavy atom. The topological polar surface area (TPSA) is 97.6 Å². The molecule has 8 heteroatoms. The van der Waals surface area contributed by atoms with Gasteiger partial charge in [-0.25, -0.2) is 0 Å². The van der Waals surface area contributed by atoms with E-state index < -0.39 is 22.8 Å².